The second-order valence-electron chi connectivity index (χ2n) is 5.95. The molecule has 1 fully saturated rings. The van der Waals surface area contributed by atoms with Crippen molar-refractivity contribution in [2.45, 2.75) is 31.1 Å². The summed E-state index contributed by atoms with van der Waals surface area (Å²) in [7, 11) is 0. The first-order valence-corrected chi connectivity index (χ1v) is 7.96. The van der Waals surface area contributed by atoms with Crippen molar-refractivity contribution < 1.29 is 24.9 Å². The van der Waals surface area contributed by atoms with E-state index in [1.807, 2.05) is 0 Å². The molecule has 1 aliphatic heterocycles. The van der Waals surface area contributed by atoms with E-state index in [0.29, 0.717) is 5.56 Å². The third-order valence-electron chi connectivity index (χ3n) is 4.28. The first-order valence-electron chi connectivity index (χ1n) is 7.96. The number of hydrogen-bond donors (Lipinski definition) is 3. The van der Waals surface area contributed by atoms with Gasteiger partial charge in [0.05, 0.1) is 13.2 Å². The third kappa shape index (κ3) is 3.25. The molecular weight excluding hydrogens is 344 g/mol. The van der Waals surface area contributed by atoms with Crippen LogP contribution in [-0.4, -0.2) is 55.2 Å². The Morgan fingerprint density at radius 2 is 1.77 bits per heavy atom. The van der Waals surface area contributed by atoms with E-state index in [2.05, 4.69) is 0 Å². The molecule has 0 radical (unpaired) electrons. The Balaban J connectivity index is 1.94. The van der Waals surface area contributed by atoms with Crippen LogP contribution >= 0.6 is 0 Å². The fraction of sp³-hybridized carbons (Fsp3) is 0.353. The van der Waals surface area contributed by atoms with Gasteiger partial charge in [0.25, 0.3) is 5.56 Å². The molecule has 9 heteroatoms. The number of ketones is 1. The van der Waals surface area contributed by atoms with Crippen molar-refractivity contribution in [1.82, 2.24) is 9.13 Å². The van der Waals surface area contributed by atoms with E-state index in [9.17, 15) is 24.6 Å². The van der Waals surface area contributed by atoms with Crippen molar-refractivity contribution in [3.05, 3.63) is 69.0 Å². The highest BCUT2D eigenvalue weighted by Crippen LogP contribution is 2.27. The van der Waals surface area contributed by atoms with Gasteiger partial charge in [-0.1, -0.05) is 30.3 Å². The highest BCUT2D eigenvalue weighted by atomic mass is 16.6. The summed E-state index contributed by atoms with van der Waals surface area (Å²) in [4.78, 5) is 37.0. The summed E-state index contributed by atoms with van der Waals surface area (Å²) in [6, 6.07) is 9.27. The van der Waals surface area contributed by atoms with Gasteiger partial charge in [0, 0.05) is 17.8 Å². The molecule has 9 nitrogen and oxygen atoms in total. The average molecular weight is 362 g/mol. The Hall–Kier alpha value is -2.59. The third-order valence-corrected chi connectivity index (χ3v) is 4.28. The number of Topliss-reactive ketones (excluding diaryl/α,β-unsaturated/α-hetero) is 1. The smallest absolute Gasteiger partial charge is 0.333 e. The number of carbonyl (C=O) groups is 1. The van der Waals surface area contributed by atoms with Gasteiger partial charge in [0.15, 0.2) is 12.0 Å². The number of ether oxygens (including phenoxy) is 1. The first-order chi connectivity index (χ1) is 12.4. The maximum absolute atomic E-state index is 12.6. The van der Waals surface area contributed by atoms with Gasteiger partial charge in [-0.2, -0.15) is 0 Å². The van der Waals surface area contributed by atoms with E-state index in [4.69, 9.17) is 9.84 Å². The zero-order chi connectivity index (χ0) is 18.8. The first kappa shape index (κ1) is 18.2. The van der Waals surface area contributed by atoms with Crippen LogP contribution in [0.15, 0.2) is 52.2 Å². The fourth-order valence-electron chi connectivity index (χ4n) is 2.84. The lowest BCUT2D eigenvalue weighted by Crippen LogP contribution is -2.44. The Labute approximate surface area is 147 Å². The van der Waals surface area contributed by atoms with Gasteiger partial charge in [-0.3, -0.25) is 18.7 Å². The molecule has 2 aromatic rings. The highest BCUT2D eigenvalue weighted by molar-refractivity contribution is 5.95. The lowest BCUT2D eigenvalue weighted by Gasteiger charge is -2.18. The number of aliphatic hydroxyl groups is 3. The van der Waals surface area contributed by atoms with Gasteiger partial charge in [-0.15, -0.1) is 0 Å². The summed E-state index contributed by atoms with van der Waals surface area (Å²) in [5.41, 5.74) is -1.19. The summed E-state index contributed by atoms with van der Waals surface area (Å²) in [5, 5.41) is 29.0. The Bertz CT molecular complexity index is 905. The quantitative estimate of drug-likeness (QED) is 0.552. The van der Waals surface area contributed by atoms with Crippen LogP contribution in [0.1, 0.15) is 16.6 Å². The normalized spacial score (nSPS) is 25.3. The molecule has 0 amide bonds. The van der Waals surface area contributed by atoms with Crippen LogP contribution in [0, 0.1) is 0 Å². The molecule has 1 saturated heterocycles. The van der Waals surface area contributed by atoms with Crippen molar-refractivity contribution in [2.75, 3.05) is 6.61 Å². The molecule has 0 unspecified atom stereocenters. The van der Waals surface area contributed by atoms with E-state index in [-0.39, 0.29) is 0 Å². The van der Waals surface area contributed by atoms with Crippen molar-refractivity contribution in [3.63, 3.8) is 0 Å². The lowest BCUT2D eigenvalue weighted by atomic mass is 10.1. The minimum Gasteiger partial charge on any atom is -0.394 e. The Morgan fingerprint density at radius 1 is 1.08 bits per heavy atom. The maximum Gasteiger partial charge on any atom is 0.333 e. The molecule has 3 rings (SSSR count). The number of aliphatic hydroxyl groups excluding tert-OH is 3. The van der Waals surface area contributed by atoms with Crippen LogP contribution in [0.3, 0.4) is 0 Å². The minimum absolute atomic E-state index is 0.349. The number of benzene rings is 1. The molecule has 0 saturated carbocycles. The molecule has 0 bridgehead atoms. The van der Waals surface area contributed by atoms with Crippen LogP contribution in [0.25, 0.3) is 0 Å². The molecule has 0 spiro atoms. The number of rotatable bonds is 5. The van der Waals surface area contributed by atoms with E-state index >= 15 is 0 Å². The van der Waals surface area contributed by atoms with Gasteiger partial charge in [0.2, 0.25) is 0 Å². The number of aromatic nitrogens is 2. The zero-order valence-corrected chi connectivity index (χ0v) is 13.6. The number of carbonyl (C=O) groups excluding carboxylic acids is 1. The van der Waals surface area contributed by atoms with E-state index in [1.165, 1.54) is 0 Å². The van der Waals surface area contributed by atoms with Crippen molar-refractivity contribution in [3.8, 4) is 0 Å². The summed E-state index contributed by atoms with van der Waals surface area (Å²) >= 11 is 0. The van der Waals surface area contributed by atoms with Crippen LogP contribution < -0.4 is 11.2 Å². The van der Waals surface area contributed by atoms with E-state index in [0.717, 1.165) is 21.4 Å². The highest BCUT2D eigenvalue weighted by Gasteiger charge is 2.43. The molecule has 1 aliphatic rings. The van der Waals surface area contributed by atoms with E-state index < -0.39 is 54.7 Å². The van der Waals surface area contributed by atoms with Crippen LogP contribution in [0.2, 0.25) is 0 Å². The van der Waals surface area contributed by atoms with Gasteiger partial charge in [0.1, 0.15) is 18.3 Å². The fourth-order valence-corrected chi connectivity index (χ4v) is 2.84. The SMILES string of the molecule is O=C(Cn1c(=O)ccn([C@@H]2O[C@H](CO)[C@@H](O)[C@@H]2O)c1=O)c1ccccc1. The largest absolute Gasteiger partial charge is 0.394 e. The minimum atomic E-state index is -1.47. The molecule has 1 aromatic heterocycles. The van der Waals surface area contributed by atoms with Crippen LogP contribution in [0.5, 0.6) is 0 Å². The van der Waals surface area contributed by atoms with Crippen LogP contribution in [-0.2, 0) is 11.3 Å². The molecule has 1 aromatic carbocycles. The zero-order valence-electron chi connectivity index (χ0n) is 13.6. The Kier molecular flexibility index (Phi) is 5.14. The molecule has 0 aliphatic carbocycles. The molecule has 138 valence electrons. The second kappa shape index (κ2) is 7.34. The lowest BCUT2D eigenvalue weighted by molar-refractivity contribution is -0.0555. The van der Waals surface area contributed by atoms with Gasteiger partial charge in [-0.25, -0.2) is 4.79 Å². The van der Waals surface area contributed by atoms with E-state index in [1.54, 1.807) is 30.3 Å². The second-order valence-corrected chi connectivity index (χ2v) is 5.95. The van der Waals surface area contributed by atoms with Gasteiger partial charge < -0.3 is 20.1 Å². The molecule has 26 heavy (non-hydrogen) atoms. The monoisotopic (exact) mass is 362 g/mol. The molecule has 4 atom stereocenters. The van der Waals surface area contributed by atoms with Crippen LogP contribution in [0.4, 0.5) is 0 Å². The molecular formula is C17H18N2O7. The summed E-state index contributed by atoms with van der Waals surface area (Å²) < 4.78 is 6.95. The maximum atomic E-state index is 12.6. The summed E-state index contributed by atoms with van der Waals surface area (Å²) in [5.74, 6) is -0.427. The summed E-state index contributed by atoms with van der Waals surface area (Å²) in [6.45, 7) is -1.02. The summed E-state index contributed by atoms with van der Waals surface area (Å²) in [6.07, 6.45) is -4.08. The van der Waals surface area contributed by atoms with Crippen molar-refractivity contribution in [2.24, 2.45) is 0 Å². The number of hydrogen-bond acceptors (Lipinski definition) is 7. The standard InChI is InChI=1S/C17H18N2O7/c20-9-12-14(23)15(24)16(26-12)18-7-6-13(22)19(17(18)25)8-11(21)10-4-2-1-3-5-10/h1-7,12,14-16,20,23-24H,8-9H2/t12-,14-,15+,16-/m1/s1. The number of nitrogens with zero attached hydrogens (tertiary/aromatic N) is 2. The topological polar surface area (TPSA) is 131 Å². The van der Waals surface area contributed by atoms with Crippen molar-refractivity contribution >= 4 is 5.78 Å². The van der Waals surface area contributed by atoms with Gasteiger partial charge >= 0.3 is 5.69 Å². The average Bonchev–Trinajstić information content (AvgIpc) is 2.94. The molecule has 2 heterocycles. The molecule has 3 N–H and O–H groups in total. The predicted molar refractivity (Wildman–Crippen MR) is 88.7 cm³/mol. The Morgan fingerprint density at radius 3 is 2.38 bits per heavy atom. The van der Waals surface area contributed by atoms with Gasteiger partial charge in [-0.05, 0) is 0 Å². The predicted octanol–water partition coefficient (Wildman–Crippen LogP) is -1.50. The van der Waals surface area contributed by atoms with Crippen molar-refractivity contribution in [1.29, 1.82) is 0 Å².